The highest BCUT2D eigenvalue weighted by molar-refractivity contribution is 14.0. The van der Waals surface area contributed by atoms with Gasteiger partial charge in [-0.1, -0.05) is 34.1 Å². The lowest BCUT2D eigenvalue weighted by atomic mass is 9.90. The number of hydrogen-bond donors (Lipinski definition) is 2. The van der Waals surface area contributed by atoms with E-state index < -0.39 is 0 Å². The molecule has 1 saturated heterocycles. The molecule has 1 aliphatic rings. The van der Waals surface area contributed by atoms with Crippen LogP contribution in [0.2, 0.25) is 0 Å². The Kier molecular flexibility index (Phi) is 10.6. The molecule has 1 atom stereocenters. The maximum Gasteiger partial charge on any atom is 0.188 e. The average molecular weight is 410 g/mol. The van der Waals surface area contributed by atoms with Gasteiger partial charge in [0.15, 0.2) is 5.96 Å². The first-order valence-electron chi connectivity index (χ1n) is 8.20. The fraction of sp³-hybridized carbons (Fsp3) is 0.938. The predicted octanol–water partition coefficient (Wildman–Crippen LogP) is 3.21. The van der Waals surface area contributed by atoms with Gasteiger partial charge in [-0.3, -0.25) is 9.89 Å². The highest BCUT2D eigenvalue weighted by Gasteiger charge is 2.22. The van der Waals surface area contributed by atoms with Crippen molar-refractivity contribution in [1.82, 2.24) is 10.2 Å². The molecule has 1 rings (SSSR count). The van der Waals surface area contributed by atoms with Crippen molar-refractivity contribution in [2.45, 2.75) is 65.8 Å². The van der Waals surface area contributed by atoms with Crippen LogP contribution in [0.15, 0.2) is 4.99 Å². The van der Waals surface area contributed by atoms with Gasteiger partial charge in [0.2, 0.25) is 0 Å². The molecular formula is C16H35IN4. The topological polar surface area (TPSA) is 53.6 Å². The van der Waals surface area contributed by atoms with Crippen molar-refractivity contribution in [2.24, 2.45) is 16.1 Å². The fourth-order valence-electron chi connectivity index (χ4n) is 2.77. The summed E-state index contributed by atoms with van der Waals surface area (Å²) in [6.07, 6.45) is 6.23. The van der Waals surface area contributed by atoms with Gasteiger partial charge in [-0.15, -0.1) is 24.0 Å². The summed E-state index contributed by atoms with van der Waals surface area (Å²) in [5.41, 5.74) is 6.36. The number of halogens is 1. The van der Waals surface area contributed by atoms with Gasteiger partial charge in [-0.25, -0.2) is 0 Å². The summed E-state index contributed by atoms with van der Waals surface area (Å²) in [6.45, 7) is 13.2. The van der Waals surface area contributed by atoms with E-state index in [1.807, 2.05) is 0 Å². The molecule has 0 saturated carbocycles. The Bertz CT molecular complexity index is 299. The SMILES string of the molecule is CCN1CCCC1CN=C(N)NCCCCC(C)(C)C.I. The Morgan fingerprint density at radius 3 is 2.67 bits per heavy atom. The largest absolute Gasteiger partial charge is 0.370 e. The Morgan fingerprint density at radius 1 is 1.33 bits per heavy atom. The van der Waals surface area contributed by atoms with Gasteiger partial charge in [0, 0.05) is 12.6 Å². The van der Waals surface area contributed by atoms with E-state index in [-0.39, 0.29) is 24.0 Å². The Balaban J connectivity index is 0.00000400. The van der Waals surface area contributed by atoms with Crippen molar-refractivity contribution in [2.75, 3.05) is 26.2 Å². The number of aliphatic imine (C=N–C) groups is 1. The van der Waals surface area contributed by atoms with Crippen LogP contribution in [0.5, 0.6) is 0 Å². The van der Waals surface area contributed by atoms with Crippen LogP contribution < -0.4 is 11.1 Å². The number of guanidine groups is 1. The number of rotatable bonds is 7. The van der Waals surface area contributed by atoms with Gasteiger partial charge < -0.3 is 11.1 Å². The quantitative estimate of drug-likeness (QED) is 0.293. The Labute approximate surface area is 148 Å². The minimum atomic E-state index is 0. The third kappa shape index (κ3) is 9.55. The highest BCUT2D eigenvalue weighted by Crippen LogP contribution is 2.21. The molecule has 1 unspecified atom stereocenters. The van der Waals surface area contributed by atoms with Gasteiger partial charge in [-0.2, -0.15) is 0 Å². The van der Waals surface area contributed by atoms with Crippen molar-refractivity contribution in [1.29, 1.82) is 0 Å². The van der Waals surface area contributed by atoms with Crippen LogP contribution >= 0.6 is 24.0 Å². The summed E-state index contributed by atoms with van der Waals surface area (Å²) in [5.74, 6) is 0.615. The predicted molar refractivity (Wildman–Crippen MR) is 103 cm³/mol. The van der Waals surface area contributed by atoms with Crippen molar-refractivity contribution >= 4 is 29.9 Å². The summed E-state index contributed by atoms with van der Waals surface area (Å²) in [4.78, 5) is 6.99. The van der Waals surface area contributed by atoms with Crippen LogP contribution in [-0.4, -0.2) is 43.1 Å². The van der Waals surface area contributed by atoms with Gasteiger partial charge in [0.05, 0.1) is 6.54 Å². The van der Waals surface area contributed by atoms with E-state index >= 15 is 0 Å². The number of likely N-dealkylation sites (N-methyl/N-ethyl adjacent to an activating group) is 1. The van der Waals surface area contributed by atoms with Gasteiger partial charge >= 0.3 is 0 Å². The molecule has 4 nitrogen and oxygen atoms in total. The summed E-state index contributed by atoms with van der Waals surface area (Å²) < 4.78 is 0. The van der Waals surface area contributed by atoms with E-state index in [2.05, 4.69) is 42.9 Å². The zero-order valence-corrected chi connectivity index (χ0v) is 16.7. The van der Waals surface area contributed by atoms with E-state index in [0.717, 1.165) is 26.1 Å². The first kappa shape index (κ1) is 21.0. The van der Waals surface area contributed by atoms with Crippen molar-refractivity contribution < 1.29 is 0 Å². The summed E-state index contributed by atoms with van der Waals surface area (Å²) in [7, 11) is 0. The lowest BCUT2D eigenvalue weighted by Crippen LogP contribution is -2.36. The molecule has 0 aliphatic carbocycles. The highest BCUT2D eigenvalue weighted by atomic mass is 127. The van der Waals surface area contributed by atoms with E-state index in [1.54, 1.807) is 0 Å². The zero-order valence-electron chi connectivity index (χ0n) is 14.3. The van der Waals surface area contributed by atoms with Crippen LogP contribution in [0, 0.1) is 5.41 Å². The first-order valence-corrected chi connectivity index (χ1v) is 8.20. The number of nitrogens with two attached hydrogens (primary N) is 1. The van der Waals surface area contributed by atoms with Crippen LogP contribution in [0.1, 0.15) is 59.8 Å². The maximum absolute atomic E-state index is 5.93. The van der Waals surface area contributed by atoms with E-state index in [4.69, 9.17) is 5.73 Å². The lowest BCUT2D eigenvalue weighted by Gasteiger charge is -2.21. The molecule has 1 aliphatic heterocycles. The first-order chi connectivity index (χ1) is 9.42. The molecule has 0 aromatic rings. The number of nitrogens with one attached hydrogen (secondary N) is 1. The normalized spacial score (nSPS) is 20.4. The molecule has 0 radical (unpaired) electrons. The maximum atomic E-state index is 5.93. The van der Waals surface area contributed by atoms with Crippen molar-refractivity contribution in [3.8, 4) is 0 Å². The molecule has 126 valence electrons. The standard InChI is InChI=1S/C16H34N4.HI/c1-5-20-12-8-9-14(20)13-19-15(17)18-11-7-6-10-16(2,3)4;/h14H,5-13H2,1-4H3,(H3,17,18,19);1H. The molecule has 1 fully saturated rings. The van der Waals surface area contributed by atoms with E-state index in [0.29, 0.717) is 17.4 Å². The number of likely N-dealkylation sites (tertiary alicyclic amines) is 1. The summed E-state index contributed by atoms with van der Waals surface area (Å²) in [6, 6.07) is 0.598. The second kappa shape index (κ2) is 10.6. The van der Waals surface area contributed by atoms with Crippen LogP contribution in [-0.2, 0) is 0 Å². The Hall–Kier alpha value is -0.0400. The van der Waals surface area contributed by atoms with Crippen molar-refractivity contribution in [3.05, 3.63) is 0 Å². The molecule has 0 aromatic heterocycles. The number of unbranched alkanes of at least 4 members (excludes halogenated alkanes) is 1. The second-order valence-corrected chi connectivity index (χ2v) is 7.10. The van der Waals surface area contributed by atoms with Gasteiger partial charge in [0.1, 0.15) is 0 Å². The molecule has 0 amide bonds. The molecular weight excluding hydrogens is 375 g/mol. The second-order valence-electron chi connectivity index (χ2n) is 7.10. The molecule has 21 heavy (non-hydrogen) atoms. The van der Waals surface area contributed by atoms with Crippen LogP contribution in [0.25, 0.3) is 0 Å². The molecule has 0 aromatic carbocycles. The summed E-state index contributed by atoms with van der Waals surface area (Å²) >= 11 is 0. The third-order valence-corrected chi connectivity index (χ3v) is 4.04. The molecule has 0 bridgehead atoms. The number of hydrogen-bond acceptors (Lipinski definition) is 2. The van der Waals surface area contributed by atoms with Crippen LogP contribution in [0.4, 0.5) is 0 Å². The van der Waals surface area contributed by atoms with E-state index in [1.165, 1.54) is 32.2 Å². The van der Waals surface area contributed by atoms with Gasteiger partial charge in [-0.05, 0) is 44.2 Å². The summed E-state index contributed by atoms with van der Waals surface area (Å²) in [5, 5.41) is 3.23. The fourth-order valence-corrected chi connectivity index (χ4v) is 2.77. The monoisotopic (exact) mass is 410 g/mol. The average Bonchev–Trinajstić information content (AvgIpc) is 2.82. The third-order valence-electron chi connectivity index (χ3n) is 4.04. The van der Waals surface area contributed by atoms with Gasteiger partial charge in [0.25, 0.3) is 0 Å². The molecule has 5 heteroatoms. The minimum Gasteiger partial charge on any atom is -0.370 e. The zero-order chi connectivity index (χ0) is 15.0. The molecule has 1 heterocycles. The molecule has 0 spiro atoms. The number of nitrogens with zero attached hydrogens (tertiary/aromatic N) is 2. The smallest absolute Gasteiger partial charge is 0.188 e. The molecule has 3 N–H and O–H groups in total. The lowest BCUT2D eigenvalue weighted by molar-refractivity contribution is 0.273. The van der Waals surface area contributed by atoms with Crippen molar-refractivity contribution in [3.63, 3.8) is 0 Å². The van der Waals surface area contributed by atoms with E-state index in [9.17, 15) is 0 Å². The van der Waals surface area contributed by atoms with Crippen LogP contribution in [0.3, 0.4) is 0 Å². The minimum absolute atomic E-state index is 0. The Morgan fingerprint density at radius 2 is 2.05 bits per heavy atom.